The summed E-state index contributed by atoms with van der Waals surface area (Å²) in [4.78, 5) is 22.2. The van der Waals surface area contributed by atoms with Gasteiger partial charge in [-0.25, -0.2) is 4.79 Å². The molecular weight excluding hydrogens is 312 g/mol. The van der Waals surface area contributed by atoms with E-state index in [2.05, 4.69) is 5.10 Å². The maximum Gasteiger partial charge on any atom is 0.356 e. The average molecular weight is 325 g/mol. The van der Waals surface area contributed by atoms with E-state index in [0.717, 1.165) is 0 Å². The smallest absolute Gasteiger partial charge is 0.356 e. The lowest BCUT2D eigenvalue weighted by Crippen LogP contribution is -2.02. The van der Waals surface area contributed by atoms with Gasteiger partial charge in [-0.15, -0.1) is 0 Å². The van der Waals surface area contributed by atoms with Gasteiger partial charge in [-0.2, -0.15) is 5.10 Å². The minimum atomic E-state index is -1.16. The van der Waals surface area contributed by atoms with Crippen molar-refractivity contribution < 1.29 is 24.2 Å². The molecule has 0 saturated heterocycles. The molecule has 0 aliphatic rings. The molecule has 0 aliphatic heterocycles. The number of aromatic carboxylic acids is 1. The van der Waals surface area contributed by atoms with Crippen molar-refractivity contribution in [3.8, 4) is 22.8 Å². The molecule has 22 heavy (non-hydrogen) atoms. The van der Waals surface area contributed by atoms with Gasteiger partial charge in [0.05, 0.1) is 36.1 Å². The van der Waals surface area contributed by atoms with Gasteiger partial charge in [-0.3, -0.25) is 9.48 Å². The van der Waals surface area contributed by atoms with E-state index in [1.807, 2.05) is 0 Å². The monoisotopic (exact) mass is 324 g/mol. The van der Waals surface area contributed by atoms with Gasteiger partial charge in [0.1, 0.15) is 0 Å². The van der Waals surface area contributed by atoms with E-state index in [4.69, 9.17) is 26.2 Å². The molecule has 1 N–H and O–H groups in total. The Hall–Kier alpha value is -2.54. The number of benzene rings is 1. The molecule has 0 unspecified atom stereocenters. The number of halogens is 1. The number of aromatic nitrogens is 2. The fraction of sp³-hybridized carbons (Fsp3) is 0.214. The maximum atomic E-state index is 11.1. The van der Waals surface area contributed by atoms with Gasteiger partial charge < -0.3 is 14.6 Å². The Labute approximate surface area is 131 Å². The van der Waals surface area contributed by atoms with Crippen LogP contribution in [0.3, 0.4) is 0 Å². The molecule has 116 valence electrons. The molecule has 0 fully saturated rings. The third-order valence-corrected chi connectivity index (χ3v) is 3.40. The lowest BCUT2D eigenvalue weighted by atomic mass is 10.1. The summed E-state index contributed by atoms with van der Waals surface area (Å²) in [6.45, 7) is 0. The first-order valence-electron chi connectivity index (χ1n) is 6.11. The Bertz CT molecular complexity index is 754. The minimum Gasteiger partial charge on any atom is -0.492 e. The first kappa shape index (κ1) is 15.8. The number of carboxylic acid groups (broad SMARTS) is 1. The summed E-state index contributed by atoms with van der Waals surface area (Å²) in [5, 5.41) is 13.2. The number of aldehydes is 1. The van der Waals surface area contributed by atoms with Crippen LogP contribution in [0.4, 0.5) is 0 Å². The van der Waals surface area contributed by atoms with Crippen molar-refractivity contribution in [2.45, 2.75) is 0 Å². The maximum absolute atomic E-state index is 11.1. The first-order chi connectivity index (χ1) is 10.4. The first-order valence-corrected chi connectivity index (χ1v) is 6.49. The quantitative estimate of drug-likeness (QED) is 0.848. The number of ether oxygens (including phenoxy) is 2. The number of carbonyl (C=O) groups excluding carboxylic acids is 1. The predicted molar refractivity (Wildman–Crippen MR) is 79.1 cm³/mol. The molecule has 0 spiro atoms. The standard InChI is InChI=1S/C14H13ClN2O5/c1-17-10(5-9(16-17)14(19)20)11-8(15)4-7(6-18)12(21-2)13(11)22-3/h4-6H,1-3H3,(H,19,20). The van der Waals surface area contributed by atoms with Crippen LogP contribution in [-0.2, 0) is 7.05 Å². The van der Waals surface area contributed by atoms with E-state index in [0.29, 0.717) is 17.5 Å². The van der Waals surface area contributed by atoms with E-state index < -0.39 is 5.97 Å². The molecule has 0 saturated carbocycles. The zero-order valence-electron chi connectivity index (χ0n) is 12.1. The van der Waals surface area contributed by atoms with Crippen molar-refractivity contribution in [1.29, 1.82) is 0 Å². The number of rotatable bonds is 5. The summed E-state index contributed by atoms with van der Waals surface area (Å²) in [5.74, 6) is -0.708. The average Bonchev–Trinajstić information content (AvgIpc) is 2.87. The molecule has 0 atom stereocenters. The van der Waals surface area contributed by atoms with Crippen molar-refractivity contribution in [2.75, 3.05) is 14.2 Å². The number of methoxy groups -OCH3 is 2. The van der Waals surface area contributed by atoms with Crippen LogP contribution < -0.4 is 9.47 Å². The van der Waals surface area contributed by atoms with E-state index in [-0.39, 0.29) is 27.8 Å². The van der Waals surface area contributed by atoms with Crippen molar-refractivity contribution >= 4 is 23.9 Å². The molecule has 1 aromatic heterocycles. The summed E-state index contributed by atoms with van der Waals surface area (Å²) in [6.07, 6.45) is 0.600. The van der Waals surface area contributed by atoms with Crippen LogP contribution >= 0.6 is 11.6 Å². The molecule has 0 amide bonds. The number of nitrogens with zero attached hydrogens (tertiary/aromatic N) is 2. The fourth-order valence-corrected chi connectivity index (χ4v) is 2.46. The Morgan fingerprint density at radius 2 is 1.95 bits per heavy atom. The summed E-state index contributed by atoms with van der Waals surface area (Å²) in [5.41, 5.74) is 0.923. The second-order valence-corrected chi connectivity index (χ2v) is 4.76. The van der Waals surface area contributed by atoms with Crippen LogP contribution in [0.2, 0.25) is 5.02 Å². The molecular formula is C14H13ClN2O5. The van der Waals surface area contributed by atoms with Crippen LogP contribution in [0.1, 0.15) is 20.8 Å². The number of carbonyl (C=O) groups is 2. The predicted octanol–water partition coefficient (Wildman–Crippen LogP) is 2.27. The Balaban J connectivity index is 2.80. The highest BCUT2D eigenvalue weighted by Crippen LogP contribution is 2.44. The molecule has 1 heterocycles. The minimum absolute atomic E-state index is 0.131. The second-order valence-electron chi connectivity index (χ2n) is 4.35. The van der Waals surface area contributed by atoms with Gasteiger partial charge in [-0.1, -0.05) is 11.6 Å². The number of aryl methyl sites for hydroxylation is 1. The molecule has 2 aromatic rings. The van der Waals surface area contributed by atoms with Gasteiger partial charge in [0.15, 0.2) is 23.5 Å². The lowest BCUT2D eigenvalue weighted by molar-refractivity contribution is 0.0689. The molecule has 1 aromatic carbocycles. The third-order valence-electron chi connectivity index (χ3n) is 3.11. The second kappa shape index (κ2) is 6.07. The topological polar surface area (TPSA) is 90.7 Å². The van der Waals surface area contributed by atoms with E-state index in [9.17, 15) is 9.59 Å². The Morgan fingerprint density at radius 3 is 2.41 bits per heavy atom. The van der Waals surface area contributed by atoms with Crippen LogP contribution in [0.5, 0.6) is 11.5 Å². The molecule has 0 aliphatic carbocycles. The summed E-state index contributed by atoms with van der Waals surface area (Å²) >= 11 is 6.23. The van der Waals surface area contributed by atoms with Gasteiger partial charge in [0.25, 0.3) is 0 Å². The van der Waals surface area contributed by atoms with E-state index in [1.165, 1.54) is 31.0 Å². The zero-order valence-corrected chi connectivity index (χ0v) is 12.8. The largest absolute Gasteiger partial charge is 0.492 e. The van der Waals surface area contributed by atoms with Crippen LogP contribution in [0.15, 0.2) is 12.1 Å². The summed E-state index contributed by atoms with van der Waals surface area (Å²) in [7, 11) is 4.38. The van der Waals surface area contributed by atoms with Gasteiger partial charge in [0, 0.05) is 7.05 Å². The van der Waals surface area contributed by atoms with Crippen molar-refractivity contribution in [3.63, 3.8) is 0 Å². The zero-order chi connectivity index (χ0) is 16.4. The van der Waals surface area contributed by atoms with Crippen LogP contribution in [-0.4, -0.2) is 41.4 Å². The van der Waals surface area contributed by atoms with Crippen LogP contribution in [0.25, 0.3) is 11.3 Å². The Kier molecular flexibility index (Phi) is 4.37. The molecule has 0 radical (unpaired) electrons. The van der Waals surface area contributed by atoms with Gasteiger partial charge in [0.2, 0.25) is 0 Å². The Morgan fingerprint density at radius 1 is 1.32 bits per heavy atom. The SMILES string of the molecule is COc1c(C=O)cc(Cl)c(-c2cc(C(=O)O)nn2C)c1OC. The highest BCUT2D eigenvalue weighted by molar-refractivity contribution is 6.34. The third kappa shape index (κ3) is 2.50. The molecule has 8 heteroatoms. The number of carboxylic acids is 1. The highest BCUT2D eigenvalue weighted by Gasteiger charge is 2.24. The lowest BCUT2D eigenvalue weighted by Gasteiger charge is -2.16. The van der Waals surface area contributed by atoms with Crippen molar-refractivity contribution in [1.82, 2.24) is 9.78 Å². The molecule has 2 rings (SSSR count). The molecule has 0 bridgehead atoms. The van der Waals surface area contributed by atoms with E-state index in [1.54, 1.807) is 7.05 Å². The van der Waals surface area contributed by atoms with Crippen molar-refractivity contribution in [2.24, 2.45) is 7.05 Å². The van der Waals surface area contributed by atoms with Crippen molar-refractivity contribution in [3.05, 3.63) is 28.4 Å². The van der Waals surface area contributed by atoms with E-state index >= 15 is 0 Å². The number of hydrogen-bond donors (Lipinski definition) is 1. The normalized spacial score (nSPS) is 10.4. The number of hydrogen-bond acceptors (Lipinski definition) is 5. The van der Waals surface area contributed by atoms with Gasteiger partial charge >= 0.3 is 5.97 Å². The molecule has 7 nitrogen and oxygen atoms in total. The highest BCUT2D eigenvalue weighted by atomic mass is 35.5. The fourth-order valence-electron chi connectivity index (χ4n) is 2.16. The van der Waals surface area contributed by atoms with Crippen LogP contribution in [0, 0.1) is 0 Å². The van der Waals surface area contributed by atoms with Gasteiger partial charge in [-0.05, 0) is 12.1 Å². The summed E-state index contributed by atoms with van der Waals surface area (Å²) in [6, 6.07) is 2.80. The summed E-state index contributed by atoms with van der Waals surface area (Å²) < 4.78 is 11.9.